The van der Waals surface area contributed by atoms with Gasteiger partial charge in [-0.15, -0.1) is 0 Å². The molecular weight excluding hydrogens is 336 g/mol. The van der Waals surface area contributed by atoms with E-state index in [9.17, 15) is 4.79 Å². The maximum Gasteiger partial charge on any atom is 0.251 e. The Kier molecular flexibility index (Phi) is 3.83. The number of H-pyrrole nitrogens is 1. The van der Waals surface area contributed by atoms with Crippen molar-refractivity contribution in [2.24, 2.45) is 0 Å². The van der Waals surface area contributed by atoms with Crippen LogP contribution in [0.15, 0.2) is 53.3 Å². The van der Waals surface area contributed by atoms with Gasteiger partial charge in [0.25, 0.3) is 5.56 Å². The quantitative estimate of drug-likeness (QED) is 0.575. The van der Waals surface area contributed by atoms with Crippen molar-refractivity contribution >= 4 is 16.6 Å². The minimum atomic E-state index is -0.0579. The molecule has 3 heterocycles. The van der Waals surface area contributed by atoms with Gasteiger partial charge in [-0.05, 0) is 55.6 Å². The van der Waals surface area contributed by atoms with Gasteiger partial charge in [-0.25, -0.2) is 4.52 Å². The van der Waals surface area contributed by atoms with Crippen LogP contribution in [0.1, 0.15) is 30.0 Å². The number of aromatic amines is 1. The number of nitrogens with zero attached hydrogens (tertiary/aromatic N) is 2. The molecule has 136 valence electrons. The lowest BCUT2D eigenvalue weighted by Crippen LogP contribution is -2.28. The second-order valence-electron chi connectivity index (χ2n) is 7.36. The van der Waals surface area contributed by atoms with Crippen LogP contribution in [0.2, 0.25) is 0 Å². The molecule has 1 fully saturated rings. The summed E-state index contributed by atoms with van der Waals surface area (Å²) in [6.07, 6.45) is 2.05. The van der Waals surface area contributed by atoms with Gasteiger partial charge >= 0.3 is 0 Å². The molecule has 2 aromatic carbocycles. The fourth-order valence-corrected chi connectivity index (χ4v) is 4.29. The number of hydrogen-bond acceptors (Lipinski definition) is 3. The van der Waals surface area contributed by atoms with Gasteiger partial charge in [0.05, 0.1) is 16.6 Å². The first-order valence-corrected chi connectivity index (χ1v) is 9.54. The van der Waals surface area contributed by atoms with E-state index in [4.69, 9.17) is 5.10 Å². The average Bonchev–Trinajstić information content (AvgIpc) is 3.07. The molecule has 27 heavy (non-hydrogen) atoms. The van der Waals surface area contributed by atoms with Gasteiger partial charge in [0.2, 0.25) is 0 Å². The van der Waals surface area contributed by atoms with Crippen molar-refractivity contribution in [2.75, 3.05) is 13.1 Å². The molecule has 0 spiro atoms. The Bertz CT molecular complexity index is 1200. The highest BCUT2D eigenvalue weighted by molar-refractivity contribution is 6.04. The Balaban J connectivity index is 1.83. The number of hydrogen-bond donors (Lipinski definition) is 2. The van der Waals surface area contributed by atoms with Crippen LogP contribution >= 0.6 is 0 Å². The first-order chi connectivity index (χ1) is 13.2. The smallest absolute Gasteiger partial charge is 0.251 e. The Hall–Kier alpha value is -2.92. The monoisotopic (exact) mass is 358 g/mol. The van der Waals surface area contributed by atoms with Gasteiger partial charge in [0.1, 0.15) is 5.65 Å². The zero-order valence-electron chi connectivity index (χ0n) is 15.3. The molecule has 5 nitrogen and oxygen atoms in total. The van der Waals surface area contributed by atoms with E-state index in [2.05, 4.69) is 41.5 Å². The molecular formula is C22H22N4O. The van der Waals surface area contributed by atoms with Crippen molar-refractivity contribution in [3.8, 4) is 11.1 Å². The van der Waals surface area contributed by atoms with Crippen molar-refractivity contribution < 1.29 is 0 Å². The van der Waals surface area contributed by atoms with Crippen LogP contribution in [0.4, 0.5) is 0 Å². The van der Waals surface area contributed by atoms with Gasteiger partial charge in [0, 0.05) is 12.0 Å². The van der Waals surface area contributed by atoms with Crippen LogP contribution in [0.25, 0.3) is 27.7 Å². The Morgan fingerprint density at radius 3 is 2.63 bits per heavy atom. The Labute approximate surface area is 157 Å². The first-order valence-electron chi connectivity index (χ1n) is 9.54. The third kappa shape index (κ3) is 2.66. The lowest BCUT2D eigenvalue weighted by atomic mass is 9.94. The van der Waals surface area contributed by atoms with Gasteiger partial charge in [-0.3, -0.25) is 4.79 Å². The maximum absolute atomic E-state index is 12.5. The van der Waals surface area contributed by atoms with Gasteiger partial charge in [-0.2, -0.15) is 5.10 Å². The Morgan fingerprint density at radius 1 is 1.04 bits per heavy atom. The molecule has 0 unspecified atom stereocenters. The number of nitrogens with one attached hydrogen (secondary N) is 2. The van der Waals surface area contributed by atoms with Crippen molar-refractivity contribution in [3.63, 3.8) is 0 Å². The summed E-state index contributed by atoms with van der Waals surface area (Å²) in [5.41, 5.74) is 6.16. The number of aryl methyl sites for hydroxylation is 1. The second-order valence-corrected chi connectivity index (χ2v) is 7.36. The van der Waals surface area contributed by atoms with Crippen molar-refractivity contribution in [3.05, 3.63) is 70.1 Å². The van der Waals surface area contributed by atoms with Crippen molar-refractivity contribution in [1.82, 2.24) is 19.9 Å². The molecule has 2 aromatic heterocycles. The summed E-state index contributed by atoms with van der Waals surface area (Å²) in [4.78, 5) is 15.5. The SMILES string of the molecule is Cc1ccccc1-c1cccc2nn3c(C4CCNCC4)cc(=O)[nH]c3c12. The summed E-state index contributed by atoms with van der Waals surface area (Å²) in [7, 11) is 0. The van der Waals surface area contributed by atoms with E-state index in [-0.39, 0.29) is 5.56 Å². The lowest BCUT2D eigenvalue weighted by molar-refractivity contribution is 0.446. The summed E-state index contributed by atoms with van der Waals surface area (Å²) in [5, 5.41) is 9.28. The van der Waals surface area contributed by atoms with Crippen LogP contribution in [0.5, 0.6) is 0 Å². The number of aromatic nitrogens is 3. The molecule has 5 rings (SSSR count). The molecule has 0 aliphatic carbocycles. The number of fused-ring (bicyclic) bond motifs is 3. The van der Waals surface area contributed by atoms with Crippen molar-refractivity contribution in [1.29, 1.82) is 0 Å². The fourth-order valence-electron chi connectivity index (χ4n) is 4.29. The average molecular weight is 358 g/mol. The summed E-state index contributed by atoms with van der Waals surface area (Å²) in [5.74, 6) is 0.354. The predicted molar refractivity (Wildman–Crippen MR) is 108 cm³/mol. The molecule has 2 N–H and O–H groups in total. The topological polar surface area (TPSA) is 62.2 Å². The largest absolute Gasteiger partial charge is 0.317 e. The molecule has 0 amide bonds. The number of rotatable bonds is 2. The molecule has 1 saturated heterocycles. The zero-order chi connectivity index (χ0) is 18.4. The highest BCUT2D eigenvalue weighted by Gasteiger charge is 2.21. The molecule has 1 aliphatic rings. The van der Waals surface area contributed by atoms with E-state index in [1.165, 1.54) is 11.1 Å². The number of benzene rings is 2. The van der Waals surface area contributed by atoms with Gasteiger partial charge < -0.3 is 10.3 Å². The molecule has 0 bridgehead atoms. The van der Waals surface area contributed by atoms with Crippen LogP contribution < -0.4 is 10.9 Å². The maximum atomic E-state index is 12.5. The third-order valence-electron chi connectivity index (χ3n) is 5.66. The van der Waals surface area contributed by atoms with Gasteiger partial charge in [0.15, 0.2) is 0 Å². The van der Waals surface area contributed by atoms with E-state index in [1.807, 2.05) is 22.7 Å². The standard InChI is InChI=1S/C22H22N4O/c1-14-5-2-3-6-16(14)17-7-4-8-18-21(17)22-24-20(27)13-19(26(22)25-18)15-9-11-23-12-10-15/h2-8,13,15,23H,9-12H2,1H3,(H,24,27). The first kappa shape index (κ1) is 16.3. The summed E-state index contributed by atoms with van der Waals surface area (Å²) in [6, 6.07) is 16.2. The van der Waals surface area contributed by atoms with E-state index in [1.54, 1.807) is 6.07 Å². The van der Waals surface area contributed by atoms with E-state index in [0.717, 1.165) is 53.7 Å². The third-order valence-corrected chi connectivity index (χ3v) is 5.66. The van der Waals surface area contributed by atoms with Crippen LogP contribution in [-0.4, -0.2) is 27.7 Å². The molecule has 0 atom stereocenters. The van der Waals surface area contributed by atoms with E-state index < -0.39 is 0 Å². The minimum Gasteiger partial charge on any atom is -0.317 e. The van der Waals surface area contributed by atoms with Crippen molar-refractivity contribution in [2.45, 2.75) is 25.7 Å². The predicted octanol–water partition coefficient (Wildman–Crippen LogP) is 3.62. The summed E-state index contributed by atoms with van der Waals surface area (Å²) < 4.78 is 1.96. The van der Waals surface area contributed by atoms with Crippen LogP contribution in [-0.2, 0) is 0 Å². The fraction of sp³-hybridized carbons (Fsp3) is 0.273. The van der Waals surface area contributed by atoms with Gasteiger partial charge in [-0.1, -0.05) is 36.4 Å². The molecule has 0 radical (unpaired) electrons. The molecule has 0 saturated carbocycles. The van der Waals surface area contributed by atoms with E-state index >= 15 is 0 Å². The highest BCUT2D eigenvalue weighted by Crippen LogP contribution is 2.34. The number of piperidine rings is 1. The van der Waals surface area contributed by atoms with Crippen LogP contribution in [0.3, 0.4) is 0 Å². The summed E-state index contributed by atoms with van der Waals surface area (Å²) >= 11 is 0. The highest BCUT2D eigenvalue weighted by atomic mass is 16.1. The van der Waals surface area contributed by atoms with E-state index in [0.29, 0.717) is 5.92 Å². The lowest BCUT2D eigenvalue weighted by Gasteiger charge is -2.23. The minimum absolute atomic E-state index is 0.0579. The molecule has 4 aromatic rings. The normalized spacial score (nSPS) is 15.6. The second kappa shape index (κ2) is 6.35. The molecule has 1 aliphatic heterocycles. The molecule has 5 heteroatoms. The summed E-state index contributed by atoms with van der Waals surface area (Å²) in [6.45, 7) is 4.07. The zero-order valence-corrected chi connectivity index (χ0v) is 15.3. The van der Waals surface area contributed by atoms with Crippen LogP contribution in [0, 0.1) is 6.92 Å². The Morgan fingerprint density at radius 2 is 1.81 bits per heavy atom.